The third-order valence-corrected chi connectivity index (χ3v) is 5.05. The molecule has 2 amide bonds. The molecule has 0 bridgehead atoms. The van der Waals surface area contributed by atoms with Crippen LogP contribution in [0.2, 0.25) is 0 Å². The number of methoxy groups -OCH3 is 2. The molecule has 0 spiro atoms. The summed E-state index contributed by atoms with van der Waals surface area (Å²) < 4.78 is 16.1. The Balaban J connectivity index is 1.56. The average molecular weight is 412 g/mol. The molecule has 2 N–H and O–H groups in total. The Morgan fingerprint density at radius 1 is 1.10 bits per heavy atom. The Morgan fingerprint density at radius 3 is 2.63 bits per heavy atom. The summed E-state index contributed by atoms with van der Waals surface area (Å²) in [5.74, 6) is 0.891. The predicted octanol–water partition coefficient (Wildman–Crippen LogP) is 3.18. The zero-order valence-electron chi connectivity index (χ0n) is 17.4. The van der Waals surface area contributed by atoms with E-state index in [0.717, 1.165) is 25.0 Å². The Bertz CT molecular complexity index is 878. The largest absolute Gasteiger partial charge is 0.493 e. The van der Waals surface area contributed by atoms with E-state index in [1.165, 1.54) is 0 Å². The molecule has 0 aromatic heterocycles. The van der Waals surface area contributed by atoms with Crippen molar-refractivity contribution in [3.8, 4) is 11.5 Å². The van der Waals surface area contributed by atoms with Crippen LogP contribution in [-0.4, -0.2) is 45.3 Å². The van der Waals surface area contributed by atoms with Crippen LogP contribution >= 0.6 is 0 Å². The van der Waals surface area contributed by atoms with Crippen molar-refractivity contribution in [1.82, 2.24) is 5.32 Å². The average Bonchev–Trinajstić information content (AvgIpc) is 3.30. The van der Waals surface area contributed by atoms with Gasteiger partial charge in [0.2, 0.25) is 5.91 Å². The molecule has 1 aliphatic heterocycles. The van der Waals surface area contributed by atoms with Gasteiger partial charge in [-0.3, -0.25) is 9.59 Å². The van der Waals surface area contributed by atoms with Crippen LogP contribution in [0, 0.1) is 0 Å². The Kier molecular flexibility index (Phi) is 7.68. The summed E-state index contributed by atoms with van der Waals surface area (Å²) in [7, 11) is 3.16. The summed E-state index contributed by atoms with van der Waals surface area (Å²) in [4.78, 5) is 25.1. The number of carbonyl (C=O) groups excluding carboxylic acids is 2. The van der Waals surface area contributed by atoms with Gasteiger partial charge in [0.1, 0.15) is 0 Å². The number of carbonyl (C=O) groups is 2. The van der Waals surface area contributed by atoms with Crippen LogP contribution < -0.4 is 20.1 Å². The van der Waals surface area contributed by atoms with Gasteiger partial charge in [-0.1, -0.05) is 18.2 Å². The monoisotopic (exact) mass is 412 g/mol. The molecule has 160 valence electrons. The second-order valence-corrected chi connectivity index (χ2v) is 7.13. The van der Waals surface area contributed by atoms with Gasteiger partial charge in [-0.05, 0) is 49.1 Å². The van der Waals surface area contributed by atoms with Crippen LogP contribution in [0.4, 0.5) is 5.69 Å². The predicted molar refractivity (Wildman–Crippen MR) is 114 cm³/mol. The van der Waals surface area contributed by atoms with Crippen molar-refractivity contribution in [3.63, 3.8) is 0 Å². The maximum atomic E-state index is 12.6. The van der Waals surface area contributed by atoms with Gasteiger partial charge >= 0.3 is 0 Å². The van der Waals surface area contributed by atoms with E-state index >= 15 is 0 Å². The summed E-state index contributed by atoms with van der Waals surface area (Å²) in [6.45, 7) is 1.22. The lowest BCUT2D eigenvalue weighted by atomic mass is 10.1. The molecule has 2 aromatic carbocycles. The van der Waals surface area contributed by atoms with E-state index in [0.29, 0.717) is 35.7 Å². The quantitative estimate of drug-likeness (QED) is 0.661. The second-order valence-electron chi connectivity index (χ2n) is 7.13. The minimum atomic E-state index is -0.221. The van der Waals surface area contributed by atoms with E-state index in [1.807, 2.05) is 18.2 Å². The molecule has 0 aliphatic carbocycles. The third kappa shape index (κ3) is 5.73. The van der Waals surface area contributed by atoms with Crippen LogP contribution in [-0.2, 0) is 16.0 Å². The number of hydrogen-bond donors (Lipinski definition) is 2. The van der Waals surface area contributed by atoms with E-state index in [1.54, 1.807) is 38.5 Å². The number of anilines is 1. The van der Waals surface area contributed by atoms with Gasteiger partial charge in [0.05, 0.1) is 31.6 Å². The molecule has 0 radical (unpaired) electrons. The van der Waals surface area contributed by atoms with Crippen molar-refractivity contribution in [2.45, 2.75) is 31.8 Å². The molecule has 0 saturated carbocycles. The lowest BCUT2D eigenvalue weighted by Crippen LogP contribution is -2.32. The van der Waals surface area contributed by atoms with Crippen molar-refractivity contribution in [1.29, 1.82) is 0 Å². The number of hydrogen-bond acceptors (Lipinski definition) is 5. The van der Waals surface area contributed by atoms with Crippen molar-refractivity contribution in [2.24, 2.45) is 0 Å². The lowest BCUT2D eigenvalue weighted by molar-refractivity contribution is -0.116. The third-order valence-electron chi connectivity index (χ3n) is 5.05. The number of para-hydroxylation sites is 1. The van der Waals surface area contributed by atoms with Crippen LogP contribution in [0.15, 0.2) is 42.5 Å². The molecule has 1 saturated heterocycles. The second kappa shape index (κ2) is 10.6. The molecule has 1 atom stereocenters. The summed E-state index contributed by atoms with van der Waals surface area (Å²) in [6, 6.07) is 12.6. The molecule has 1 heterocycles. The van der Waals surface area contributed by atoms with E-state index in [2.05, 4.69) is 10.6 Å². The number of nitrogens with one attached hydrogen (secondary N) is 2. The molecule has 2 aromatic rings. The lowest BCUT2D eigenvalue weighted by Gasteiger charge is -2.14. The number of benzene rings is 2. The highest BCUT2D eigenvalue weighted by Gasteiger charge is 2.18. The fourth-order valence-corrected chi connectivity index (χ4v) is 3.40. The summed E-state index contributed by atoms with van der Waals surface area (Å²) in [5, 5.41) is 5.75. The van der Waals surface area contributed by atoms with Crippen molar-refractivity contribution >= 4 is 17.5 Å². The zero-order valence-corrected chi connectivity index (χ0v) is 17.4. The fraction of sp³-hybridized carbons (Fsp3) is 0.391. The molecular weight excluding hydrogens is 384 g/mol. The normalized spacial score (nSPS) is 15.5. The molecule has 30 heavy (non-hydrogen) atoms. The topological polar surface area (TPSA) is 85.9 Å². The first-order valence-corrected chi connectivity index (χ1v) is 10.1. The van der Waals surface area contributed by atoms with E-state index in [4.69, 9.17) is 14.2 Å². The van der Waals surface area contributed by atoms with E-state index in [9.17, 15) is 9.59 Å². The molecular formula is C23H28N2O5. The van der Waals surface area contributed by atoms with Crippen LogP contribution in [0.5, 0.6) is 11.5 Å². The number of ether oxygens (including phenoxy) is 3. The first-order chi connectivity index (χ1) is 14.6. The molecule has 1 fully saturated rings. The van der Waals surface area contributed by atoms with Crippen molar-refractivity contribution in [2.75, 3.05) is 32.7 Å². The maximum absolute atomic E-state index is 12.6. The minimum Gasteiger partial charge on any atom is -0.493 e. The molecule has 0 unspecified atom stereocenters. The minimum absolute atomic E-state index is 0.0668. The molecule has 3 rings (SSSR count). The van der Waals surface area contributed by atoms with E-state index < -0.39 is 0 Å². The highest BCUT2D eigenvalue weighted by Crippen LogP contribution is 2.28. The number of rotatable bonds is 9. The van der Waals surface area contributed by atoms with Gasteiger partial charge in [0.15, 0.2) is 11.5 Å². The molecule has 7 nitrogen and oxygen atoms in total. The van der Waals surface area contributed by atoms with Crippen molar-refractivity contribution in [3.05, 3.63) is 53.6 Å². The summed E-state index contributed by atoms with van der Waals surface area (Å²) in [6.07, 6.45) is 2.86. The van der Waals surface area contributed by atoms with Crippen molar-refractivity contribution < 1.29 is 23.8 Å². The molecule has 1 aliphatic rings. The smallest absolute Gasteiger partial charge is 0.253 e. The standard InChI is InChI=1S/C23H28N2O5/c1-28-20-11-9-16(14-21(20)29-2)10-12-22(26)25-19-8-4-3-7-18(19)23(27)24-15-17-6-5-13-30-17/h3-4,7-9,11,14,17H,5-6,10,12-13,15H2,1-2H3,(H,24,27)(H,25,26)/t17-/m1/s1. The van der Waals surface area contributed by atoms with Gasteiger partial charge < -0.3 is 24.8 Å². The van der Waals surface area contributed by atoms with Gasteiger partial charge in [0, 0.05) is 19.6 Å². The van der Waals surface area contributed by atoms with Crippen LogP contribution in [0.1, 0.15) is 35.2 Å². The van der Waals surface area contributed by atoms with Crippen LogP contribution in [0.25, 0.3) is 0 Å². The summed E-state index contributed by atoms with van der Waals surface area (Å²) >= 11 is 0. The zero-order chi connectivity index (χ0) is 21.3. The Hall–Kier alpha value is -3.06. The Labute approximate surface area is 176 Å². The Morgan fingerprint density at radius 2 is 1.90 bits per heavy atom. The van der Waals surface area contributed by atoms with Gasteiger partial charge in [-0.2, -0.15) is 0 Å². The highest BCUT2D eigenvalue weighted by molar-refractivity contribution is 6.03. The number of aryl methyl sites for hydroxylation is 1. The maximum Gasteiger partial charge on any atom is 0.253 e. The molecule has 7 heteroatoms. The SMILES string of the molecule is COc1ccc(CCC(=O)Nc2ccccc2C(=O)NC[C@H]2CCCO2)cc1OC. The highest BCUT2D eigenvalue weighted by atomic mass is 16.5. The van der Waals surface area contributed by atoms with Gasteiger partial charge in [-0.15, -0.1) is 0 Å². The number of amides is 2. The first kappa shape index (κ1) is 21.6. The summed E-state index contributed by atoms with van der Waals surface area (Å²) in [5.41, 5.74) is 1.90. The first-order valence-electron chi connectivity index (χ1n) is 10.1. The van der Waals surface area contributed by atoms with Gasteiger partial charge in [-0.25, -0.2) is 0 Å². The van der Waals surface area contributed by atoms with Crippen LogP contribution in [0.3, 0.4) is 0 Å². The van der Waals surface area contributed by atoms with Gasteiger partial charge in [0.25, 0.3) is 5.91 Å². The van der Waals surface area contributed by atoms with E-state index in [-0.39, 0.29) is 24.3 Å². The fourth-order valence-electron chi connectivity index (χ4n) is 3.40.